The molecule has 1 aromatic carbocycles. The molecule has 4 nitrogen and oxygen atoms in total. The van der Waals surface area contributed by atoms with Crippen LogP contribution in [0.3, 0.4) is 0 Å². The number of piperidine rings is 1. The summed E-state index contributed by atoms with van der Waals surface area (Å²) in [4.78, 5) is 16.6. The van der Waals surface area contributed by atoms with Gasteiger partial charge in [0.25, 0.3) is 0 Å². The smallest absolute Gasteiger partial charge is 0.396 e. The van der Waals surface area contributed by atoms with Crippen LogP contribution in [-0.4, -0.2) is 60.1 Å². The molecule has 0 bridgehead atoms. The summed E-state index contributed by atoms with van der Waals surface area (Å²) < 4.78 is 38.5. The van der Waals surface area contributed by atoms with Crippen molar-refractivity contribution in [2.45, 2.75) is 38.3 Å². The maximum Gasteiger partial charge on any atom is 0.416 e. The lowest BCUT2D eigenvalue weighted by Crippen LogP contribution is -2.49. The van der Waals surface area contributed by atoms with Crippen molar-refractivity contribution in [2.24, 2.45) is 5.41 Å². The number of carbonyl (C=O) groups is 1. The van der Waals surface area contributed by atoms with Gasteiger partial charge in [-0.2, -0.15) is 13.2 Å². The number of rotatable bonds is 5. The number of amides is 1. The number of carbonyl (C=O) groups excluding carboxylic acids is 1. The predicted molar refractivity (Wildman–Crippen MR) is 96.2 cm³/mol. The molecule has 7 heteroatoms. The van der Waals surface area contributed by atoms with E-state index in [0.29, 0.717) is 18.7 Å². The fourth-order valence-electron chi connectivity index (χ4n) is 4.16. The van der Waals surface area contributed by atoms with Crippen LogP contribution in [0.1, 0.15) is 36.8 Å². The molecule has 1 amide bonds. The van der Waals surface area contributed by atoms with Gasteiger partial charge in [0.1, 0.15) is 0 Å². The molecule has 27 heavy (non-hydrogen) atoms. The van der Waals surface area contributed by atoms with E-state index in [4.69, 9.17) is 0 Å². The van der Waals surface area contributed by atoms with Crippen molar-refractivity contribution in [1.29, 1.82) is 0 Å². The van der Waals surface area contributed by atoms with E-state index in [1.54, 1.807) is 11.0 Å². The fourth-order valence-corrected chi connectivity index (χ4v) is 4.16. The third-order valence-corrected chi connectivity index (χ3v) is 5.88. The third-order valence-electron chi connectivity index (χ3n) is 5.88. The van der Waals surface area contributed by atoms with Crippen molar-refractivity contribution in [3.63, 3.8) is 0 Å². The van der Waals surface area contributed by atoms with Gasteiger partial charge in [-0.1, -0.05) is 18.2 Å². The number of benzene rings is 1. The second-order valence-electron chi connectivity index (χ2n) is 7.90. The molecule has 3 rings (SSSR count). The first-order chi connectivity index (χ1) is 12.8. The average molecular weight is 384 g/mol. The van der Waals surface area contributed by atoms with E-state index in [9.17, 15) is 23.1 Å². The van der Waals surface area contributed by atoms with Crippen LogP contribution < -0.4 is 0 Å². The number of halogens is 3. The molecule has 0 radical (unpaired) electrons. The highest BCUT2D eigenvalue weighted by molar-refractivity contribution is 5.79. The number of aliphatic hydroxyl groups is 1. The quantitative estimate of drug-likeness (QED) is 0.849. The summed E-state index contributed by atoms with van der Waals surface area (Å²) in [6, 6.07) is 4.97. The predicted octanol–water partition coefficient (Wildman–Crippen LogP) is 2.94. The van der Waals surface area contributed by atoms with E-state index in [1.807, 2.05) is 0 Å². The average Bonchev–Trinajstić information content (AvgIpc) is 3.14. The zero-order chi connectivity index (χ0) is 19.5. The van der Waals surface area contributed by atoms with Crippen LogP contribution in [0.4, 0.5) is 13.2 Å². The molecule has 1 N–H and O–H groups in total. The molecular formula is C20H27F3N2O2. The van der Waals surface area contributed by atoms with Crippen molar-refractivity contribution in [2.75, 3.05) is 39.3 Å². The van der Waals surface area contributed by atoms with Crippen LogP contribution in [0.25, 0.3) is 0 Å². The molecule has 2 fully saturated rings. The van der Waals surface area contributed by atoms with Gasteiger partial charge in [0, 0.05) is 25.0 Å². The zero-order valence-corrected chi connectivity index (χ0v) is 15.5. The summed E-state index contributed by atoms with van der Waals surface area (Å²) in [5.74, 6) is -0.151. The monoisotopic (exact) mass is 384 g/mol. The first-order valence-electron chi connectivity index (χ1n) is 9.58. The van der Waals surface area contributed by atoms with E-state index in [-0.39, 0.29) is 24.3 Å². The molecule has 0 unspecified atom stereocenters. The number of hydrogen-bond donors (Lipinski definition) is 1. The van der Waals surface area contributed by atoms with Crippen molar-refractivity contribution in [3.8, 4) is 0 Å². The summed E-state index contributed by atoms with van der Waals surface area (Å²) in [7, 11) is 0. The summed E-state index contributed by atoms with van der Waals surface area (Å²) in [6.45, 7) is 4.20. The van der Waals surface area contributed by atoms with E-state index in [0.717, 1.165) is 44.6 Å². The molecule has 0 spiro atoms. The Balaban J connectivity index is 1.56. The summed E-state index contributed by atoms with van der Waals surface area (Å²) in [6.07, 6.45) is -0.572. The van der Waals surface area contributed by atoms with Crippen LogP contribution >= 0.6 is 0 Å². The lowest BCUT2D eigenvalue weighted by atomic mass is 9.78. The van der Waals surface area contributed by atoms with Crippen molar-refractivity contribution >= 4 is 5.91 Å². The topological polar surface area (TPSA) is 43.8 Å². The number of aliphatic hydroxyl groups excluding tert-OH is 1. The van der Waals surface area contributed by atoms with E-state index in [2.05, 4.69) is 4.90 Å². The molecule has 150 valence electrons. The first-order valence-corrected chi connectivity index (χ1v) is 9.58. The van der Waals surface area contributed by atoms with Crippen LogP contribution in [0, 0.1) is 5.41 Å². The molecule has 0 aromatic heterocycles. The maximum atomic E-state index is 12.8. The Morgan fingerprint density at radius 3 is 2.37 bits per heavy atom. The number of alkyl halides is 3. The van der Waals surface area contributed by atoms with Gasteiger partial charge in [-0.05, 0) is 50.4 Å². The SMILES string of the molecule is O=C(Cc1cccc(C(F)(F)F)c1)N1CCC(CO)(CN2CCCC2)CC1. The first kappa shape index (κ1) is 20.1. The largest absolute Gasteiger partial charge is 0.416 e. The normalized spacial score (nSPS) is 20.8. The zero-order valence-electron chi connectivity index (χ0n) is 15.5. The molecule has 1 aromatic rings. The highest BCUT2D eigenvalue weighted by Gasteiger charge is 2.37. The van der Waals surface area contributed by atoms with Gasteiger partial charge in [-0.3, -0.25) is 4.79 Å². The molecule has 0 aliphatic carbocycles. The Labute approximate surface area is 158 Å². The van der Waals surface area contributed by atoms with Crippen LogP contribution in [0.15, 0.2) is 24.3 Å². The van der Waals surface area contributed by atoms with Gasteiger partial charge in [-0.15, -0.1) is 0 Å². The molecule has 2 saturated heterocycles. The van der Waals surface area contributed by atoms with Gasteiger partial charge in [-0.25, -0.2) is 0 Å². The minimum absolute atomic E-state index is 0.0256. The minimum Gasteiger partial charge on any atom is -0.396 e. The van der Waals surface area contributed by atoms with Gasteiger partial charge in [0.2, 0.25) is 5.91 Å². The van der Waals surface area contributed by atoms with E-state index >= 15 is 0 Å². The molecule has 0 atom stereocenters. The molecular weight excluding hydrogens is 357 g/mol. The standard InChI is InChI=1S/C20H27F3N2O2/c21-20(22,23)17-5-3-4-16(12-17)13-18(27)25-10-6-19(15-26,7-11-25)14-24-8-1-2-9-24/h3-5,12,26H,1-2,6-11,13-15H2. The Kier molecular flexibility index (Phi) is 6.11. The van der Waals surface area contributed by atoms with E-state index < -0.39 is 11.7 Å². The Morgan fingerprint density at radius 1 is 1.11 bits per heavy atom. The van der Waals surface area contributed by atoms with E-state index in [1.165, 1.54) is 18.9 Å². The maximum absolute atomic E-state index is 12.8. The molecule has 2 heterocycles. The van der Waals surface area contributed by atoms with Crippen LogP contribution in [-0.2, 0) is 17.4 Å². The minimum atomic E-state index is -4.40. The molecule has 2 aliphatic rings. The van der Waals surface area contributed by atoms with Crippen LogP contribution in [0.2, 0.25) is 0 Å². The Bertz CT molecular complexity index is 649. The van der Waals surface area contributed by atoms with Gasteiger partial charge in [0.05, 0.1) is 18.6 Å². The summed E-state index contributed by atoms with van der Waals surface area (Å²) >= 11 is 0. The highest BCUT2D eigenvalue weighted by atomic mass is 19.4. The second kappa shape index (κ2) is 8.19. The molecule has 0 saturated carbocycles. The number of nitrogens with zero attached hydrogens (tertiary/aromatic N) is 2. The summed E-state index contributed by atoms with van der Waals surface area (Å²) in [5, 5.41) is 9.93. The Morgan fingerprint density at radius 2 is 1.78 bits per heavy atom. The van der Waals surface area contributed by atoms with Crippen molar-refractivity contribution in [3.05, 3.63) is 35.4 Å². The second-order valence-corrected chi connectivity index (χ2v) is 7.90. The van der Waals surface area contributed by atoms with Crippen molar-refractivity contribution < 1.29 is 23.1 Å². The lowest BCUT2D eigenvalue weighted by Gasteiger charge is -2.42. The summed E-state index contributed by atoms with van der Waals surface area (Å²) in [5.41, 5.74) is -0.514. The third kappa shape index (κ3) is 5.02. The highest BCUT2D eigenvalue weighted by Crippen LogP contribution is 2.34. The fraction of sp³-hybridized carbons (Fsp3) is 0.650. The van der Waals surface area contributed by atoms with Crippen molar-refractivity contribution in [1.82, 2.24) is 9.80 Å². The lowest BCUT2D eigenvalue weighted by molar-refractivity contribution is -0.138. The molecule has 2 aliphatic heterocycles. The van der Waals surface area contributed by atoms with Gasteiger partial charge in [0.15, 0.2) is 0 Å². The number of likely N-dealkylation sites (tertiary alicyclic amines) is 2. The van der Waals surface area contributed by atoms with Gasteiger partial charge >= 0.3 is 6.18 Å². The number of hydrogen-bond acceptors (Lipinski definition) is 3. The Hall–Kier alpha value is -1.60. The van der Waals surface area contributed by atoms with Crippen LogP contribution in [0.5, 0.6) is 0 Å². The van der Waals surface area contributed by atoms with Gasteiger partial charge < -0.3 is 14.9 Å².